The lowest BCUT2D eigenvalue weighted by atomic mass is 9.48. The van der Waals surface area contributed by atoms with Crippen molar-refractivity contribution in [2.75, 3.05) is 31.7 Å². The summed E-state index contributed by atoms with van der Waals surface area (Å²) in [5.74, 6) is -11.8. The van der Waals surface area contributed by atoms with Gasteiger partial charge >= 0.3 is 53.6 Å². The van der Waals surface area contributed by atoms with Gasteiger partial charge in [0.05, 0.1) is 36.4 Å². The molecule has 2 aromatic carbocycles. The van der Waals surface area contributed by atoms with Crippen molar-refractivity contribution in [1.29, 1.82) is 0 Å². The van der Waals surface area contributed by atoms with Crippen molar-refractivity contribution < 1.29 is 110 Å². The predicted octanol–water partition coefficient (Wildman–Crippen LogP) is 5.66. The number of unbranched alkanes of at least 4 members (excludes halogenated alkanes) is 1. The number of benzene rings is 2. The summed E-state index contributed by atoms with van der Waals surface area (Å²) in [5.41, 5.74) is -8.39. The van der Waals surface area contributed by atoms with Crippen LogP contribution in [0.15, 0.2) is 88.9 Å². The van der Waals surface area contributed by atoms with E-state index in [1.54, 1.807) is 57.2 Å². The Kier molecular flexibility index (Phi) is 22.7. The van der Waals surface area contributed by atoms with Crippen LogP contribution in [0.3, 0.4) is 0 Å². The smallest absolute Gasteiger partial charge is 0.412 e. The number of esters is 5. The minimum absolute atomic E-state index is 0.0389. The number of carbonyl (C=O) groups excluding carboxylic acids is 8. The SMILES string of the molecule is CCCCOC(=O)Nc1ccn([C@@H]2O[C@H](COC(=O)CCCC(=O)O[C@@H](C(=O)O[C@H]3C[C@@]4(O)[C@@H](OC(=O)c5ccccc5)[C@@H]5C[C@H](OCCOC(C)=O)C[C@H](O)[C@@]5(C)C(=O)[C@H](O)C(=C3C)C4(C)C)[C@@H](NC(=O)OC(C)(C)C)c3ccccc3)C(O)C2(F)F)c(=O)n1. The number of alkyl halides is 2. The second-order valence-electron chi connectivity index (χ2n) is 24.7. The van der Waals surface area contributed by atoms with E-state index in [2.05, 4.69) is 15.6 Å². The van der Waals surface area contributed by atoms with Crippen LogP contribution in [-0.4, -0.2) is 170 Å². The lowest BCUT2D eigenvalue weighted by molar-refractivity contribution is -0.231. The van der Waals surface area contributed by atoms with Gasteiger partial charge in [-0.15, -0.1) is 0 Å². The lowest BCUT2D eigenvalue weighted by Gasteiger charge is -2.61. The van der Waals surface area contributed by atoms with Gasteiger partial charge in [0.1, 0.15) is 60.7 Å². The summed E-state index contributed by atoms with van der Waals surface area (Å²) in [4.78, 5) is 126. The summed E-state index contributed by atoms with van der Waals surface area (Å²) in [5, 5.41) is 53.6. The summed E-state index contributed by atoms with van der Waals surface area (Å²) in [6.07, 6.45) is -19.5. The molecule has 0 spiro atoms. The van der Waals surface area contributed by atoms with E-state index >= 15 is 18.4 Å². The molecule has 2 amide bonds. The highest BCUT2D eigenvalue weighted by Crippen LogP contribution is 2.60. The Balaban J connectivity index is 1.14. The van der Waals surface area contributed by atoms with Gasteiger partial charge in [-0.05, 0) is 88.8 Å². The second-order valence-corrected chi connectivity index (χ2v) is 24.7. The number of aliphatic hydroxyl groups is 4. The molecule has 0 radical (unpaired) electrons. The molecule has 91 heavy (non-hydrogen) atoms. The zero-order valence-electron chi connectivity index (χ0n) is 52.1. The summed E-state index contributed by atoms with van der Waals surface area (Å²) in [6.45, 7) is 12.5. The van der Waals surface area contributed by atoms with E-state index in [1.165, 1.54) is 58.9 Å². The Morgan fingerprint density at radius 2 is 1.49 bits per heavy atom. The molecule has 26 nitrogen and oxygen atoms in total. The van der Waals surface area contributed by atoms with Gasteiger partial charge in [-0.3, -0.25) is 29.1 Å². The number of anilines is 1. The third kappa shape index (κ3) is 16.1. The van der Waals surface area contributed by atoms with Crippen molar-refractivity contribution in [2.24, 2.45) is 16.7 Å². The number of aliphatic hydroxyl groups excluding tert-OH is 3. The molecule has 2 saturated carbocycles. The van der Waals surface area contributed by atoms with Gasteiger partial charge in [0.2, 0.25) is 12.3 Å². The van der Waals surface area contributed by atoms with Gasteiger partial charge in [-0.2, -0.15) is 13.8 Å². The molecule has 6 N–H and O–H groups in total. The van der Waals surface area contributed by atoms with E-state index in [9.17, 15) is 54.0 Å². The van der Waals surface area contributed by atoms with Crippen molar-refractivity contribution in [3.63, 3.8) is 0 Å². The van der Waals surface area contributed by atoms with Crippen LogP contribution in [0.5, 0.6) is 0 Å². The van der Waals surface area contributed by atoms with E-state index < -0.39 is 174 Å². The summed E-state index contributed by atoms with van der Waals surface area (Å²) in [7, 11) is 0. The van der Waals surface area contributed by atoms with E-state index in [0.717, 1.165) is 18.7 Å². The maximum absolute atomic E-state index is 15.5. The molecule has 4 aliphatic rings. The maximum Gasteiger partial charge on any atom is 0.412 e. The van der Waals surface area contributed by atoms with E-state index in [1.807, 2.05) is 6.92 Å². The fourth-order valence-corrected chi connectivity index (χ4v) is 12.1. The fraction of sp³-hybridized carbons (Fsp3) is 0.587. The molecule has 13 atom stereocenters. The Morgan fingerprint density at radius 1 is 0.835 bits per heavy atom. The Hall–Kier alpha value is -7.76. The number of carbonyl (C=O) groups is 8. The maximum atomic E-state index is 15.5. The highest BCUT2D eigenvalue weighted by atomic mass is 19.3. The zero-order chi connectivity index (χ0) is 67.0. The van der Waals surface area contributed by atoms with Gasteiger partial charge in [0.15, 0.2) is 11.9 Å². The van der Waals surface area contributed by atoms with Crippen LogP contribution in [0.2, 0.25) is 0 Å². The molecule has 498 valence electrons. The average Bonchev–Trinajstić information content (AvgIpc) is 1.22. The van der Waals surface area contributed by atoms with Crippen molar-refractivity contribution >= 4 is 53.6 Å². The van der Waals surface area contributed by atoms with Crippen LogP contribution in [0.4, 0.5) is 24.2 Å². The molecule has 1 saturated heterocycles. The highest BCUT2D eigenvalue weighted by molar-refractivity contribution is 5.94. The van der Waals surface area contributed by atoms with Gasteiger partial charge in [0, 0.05) is 50.1 Å². The second kappa shape index (κ2) is 29.2. The van der Waals surface area contributed by atoms with Crippen LogP contribution >= 0.6 is 0 Å². The van der Waals surface area contributed by atoms with Gasteiger partial charge in [0.25, 0.3) is 0 Å². The lowest BCUT2D eigenvalue weighted by Crippen LogP contribution is -2.71. The third-order valence-electron chi connectivity index (χ3n) is 17.0. The number of rotatable bonds is 23. The molecular weight excluding hydrogens is 1200 g/mol. The van der Waals surface area contributed by atoms with Crippen LogP contribution < -0.4 is 16.3 Å². The Morgan fingerprint density at radius 3 is 2.13 bits per heavy atom. The number of amides is 2. The van der Waals surface area contributed by atoms with Crippen molar-refractivity contribution in [3.05, 3.63) is 106 Å². The number of hydrogen-bond acceptors (Lipinski definition) is 23. The number of nitrogens with zero attached hydrogens (tertiary/aromatic N) is 2. The molecular formula is C63H80F2N4O22. The number of ether oxygens (including phenoxy) is 9. The molecule has 3 fully saturated rings. The van der Waals surface area contributed by atoms with E-state index in [4.69, 9.17) is 42.6 Å². The van der Waals surface area contributed by atoms with Crippen LogP contribution in [-0.2, 0) is 66.6 Å². The standard InChI is InChI=1S/C63H80F2N4O22/c1-10-11-27-85-57(80)67-43-25-26-69(56(79)66-43)55-63(64,65)50(75)41(88-55)33-86-44(72)23-18-24-45(73)89-49(47(36-19-14-12-15-20-36)68-58(81)91-59(4,5)6)54(78)87-40-32-62(82)52(90-53(77)37-21-16-13-17-22-37)39-30-38(84-29-28-83-35(3)70)31-42(71)61(39,9)51(76)48(74)46(34(40)2)60(62,7)8/h12-17,19-22,25-26,38-42,47-50,52,55,71,74-75,82H,10-11,18,23-24,27-33H2,1-9H3,(H,68,81)(H,66,67,79,80)/t38-,39-,40-,41+,42-,47-,48+,49+,50?,52-,55+,61-,62+/m0/s1. The molecule has 3 aliphatic carbocycles. The quantitative estimate of drug-likeness (QED) is 0.0288. The minimum Gasteiger partial charge on any atom is -0.463 e. The van der Waals surface area contributed by atoms with Gasteiger partial charge in [-0.25, -0.2) is 24.0 Å². The summed E-state index contributed by atoms with van der Waals surface area (Å²) < 4.78 is 81.9. The molecule has 1 aliphatic heterocycles. The number of alkyl carbamates (subject to hydrolysis) is 1. The van der Waals surface area contributed by atoms with Crippen molar-refractivity contribution in [3.8, 4) is 0 Å². The Labute approximate surface area is 523 Å². The number of nitrogens with one attached hydrogen (secondary N) is 2. The number of Topliss-reactive ketones (excluding diaryl/α,β-unsaturated/α-hetero) is 1. The van der Waals surface area contributed by atoms with Crippen LogP contribution in [0.25, 0.3) is 0 Å². The third-order valence-corrected chi connectivity index (χ3v) is 17.0. The fourth-order valence-electron chi connectivity index (χ4n) is 12.1. The minimum atomic E-state index is -4.13. The first kappa shape index (κ1) is 70.7. The van der Waals surface area contributed by atoms with Crippen LogP contribution in [0.1, 0.15) is 142 Å². The number of ketones is 1. The number of fused-ring (bicyclic) bond motifs is 3. The molecule has 2 bridgehead atoms. The first-order valence-corrected chi connectivity index (χ1v) is 29.9. The van der Waals surface area contributed by atoms with Crippen molar-refractivity contribution in [2.45, 2.75) is 192 Å². The van der Waals surface area contributed by atoms with E-state index in [0.29, 0.717) is 11.0 Å². The molecule has 3 aromatic rings. The summed E-state index contributed by atoms with van der Waals surface area (Å²) in [6, 6.07) is 14.8. The van der Waals surface area contributed by atoms with Gasteiger partial charge < -0.3 is 68.4 Å². The Bertz CT molecular complexity index is 3230. The molecule has 7 rings (SSSR count). The molecule has 2 heterocycles. The van der Waals surface area contributed by atoms with E-state index in [-0.39, 0.29) is 67.2 Å². The molecule has 28 heteroatoms. The topological polar surface area (TPSA) is 359 Å². The first-order valence-electron chi connectivity index (χ1n) is 29.9. The number of halogens is 2. The normalized spacial score (nSPS) is 27.3. The summed E-state index contributed by atoms with van der Waals surface area (Å²) >= 11 is 0. The number of hydrogen-bond donors (Lipinski definition) is 6. The van der Waals surface area contributed by atoms with Crippen molar-refractivity contribution in [1.82, 2.24) is 14.9 Å². The van der Waals surface area contributed by atoms with Crippen LogP contribution in [0, 0.1) is 16.7 Å². The first-order chi connectivity index (χ1) is 42.7. The monoisotopic (exact) mass is 1280 g/mol. The molecule has 1 aromatic heterocycles. The van der Waals surface area contributed by atoms with Gasteiger partial charge in [-0.1, -0.05) is 75.7 Å². The molecule has 1 unspecified atom stereocenters. The average molecular weight is 1280 g/mol. The largest absolute Gasteiger partial charge is 0.463 e. The highest BCUT2D eigenvalue weighted by Gasteiger charge is 2.69. The number of aromatic nitrogens is 2. The zero-order valence-corrected chi connectivity index (χ0v) is 52.1. The predicted molar refractivity (Wildman–Crippen MR) is 312 cm³/mol.